The number of anilines is 1. The molecule has 140 valence electrons. The molecular formula is C16H25ClN4O4. The molecule has 0 saturated carbocycles. The molecule has 2 heterocycles. The maximum absolute atomic E-state index is 12.1. The van der Waals surface area contributed by atoms with Crippen LogP contribution >= 0.6 is 11.6 Å². The number of ether oxygens (including phenoxy) is 3. The Morgan fingerprint density at radius 3 is 2.88 bits per heavy atom. The van der Waals surface area contributed by atoms with Crippen molar-refractivity contribution in [1.82, 2.24) is 14.9 Å². The molecule has 1 fully saturated rings. The van der Waals surface area contributed by atoms with Gasteiger partial charge in [-0.3, -0.25) is 0 Å². The third-order valence-electron chi connectivity index (χ3n) is 3.41. The van der Waals surface area contributed by atoms with Gasteiger partial charge in [-0.15, -0.1) is 0 Å². The molecule has 0 bridgehead atoms. The van der Waals surface area contributed by atoms with E-state index in [0.717, 1.165) is 6.42 Å². The zero-order valence-electron chi connectivity index (χ0n) is 15.0. The van der Waals surface area contributed by atoms with Crippen LogP contribution in [0.4, 0.5) is 10.7 Å². The maximum Gasteiger partial charge on any atom is 0.410 e. The van der Waals surface area contributed by atoms with Crippen LogP contribution in [0.3, 0.4) is 0 Å². The Morgan fingerprint density at radius 2 is 2.20 bits per heavy atom. The molecule has 0 aliphatic carbocycles. The van der Waals surface area contributed by atoms with Crippen molar-refractivity contribution in [1.29, 1.82) is 0 Å². The standard InChI is InChI=1S/C16H25ClN4O4/c1-16(2,3)25-15(22)21-6-5-11(10-21)19-14-18-9-12(17)13(20-14)24-8-7-23-4/h9,11H,5-8,10H2,1-4H3,(H,18,19,20)/t11-/m0/s1. The molecule has 2 rings (SSSR count). The molecule has 0 spiro atoms. The van der Waals surface area contributed by atoms with Crippen LogP contribution in [-0.4, -0.2) is 66.0 Å². The lowest BCUT2D eigenvalue weighted by Crippen LogP contribution is -2.36. The number of methoxy groups -OCH3 is 1. The van der Waals surface area contributed by atoms with Gasteiger partial charge in [-0.05, 0) is 27.2 Å². The van der Waals surface area contributed by atoms with E-state index in [2.05, 4.69) is 15.3 Å². The molecule has 0 radical (unpaired) electrons. The first kappa shape index (κ1) is 19.5. The molecule has 0 unspecified atom stereocenters. The van der Waals surface area contributed by atoms with Crippen molar-refractivity contribution in [2.75, 3.05) is 38.7 Å². The highest BCUT2D eigenvalue weighted by Gasteiger charge is 2.30. The van der Waals surface area contributed by atoms with Crippen molar-refractivity contribution < 1.29 is 19.0 Å². The van der Waals surface area contributed by atoms with Gasteiger partial charge in [0, 0.05) is 26.2 Å². The number of hydrogen-bond donors (Lipinski definition) is 1. The van der Waals surface area contributed by atoms with Crippen LogP contribution in [0.5, 0.6) is 5.88 Å². The van der Waals surface area contributed by atoms with Crippen molar-refractivity contribution in [3.8, 4) is 5.88 Å². The highest BCUT2D eigenvalue weighted by atomic mass is 35.5. The molecule has 1 amide bonds. The summed E-state index contributed by atoms with van der Waals surface area (Å²) in [6, 6.07) is 0.0421. The van der Waals surface area contributed by atoms with Crippen LogP contribution in [-0.2, 0) is 9.47 Å². The van der Waals surface area contributed by atoms with Gasteiger partial charge in [0.05, 0.1) is 12.8 Å². The van der Waals surface area contributed by atoms with Gasteiger partial charge >= 0.3 is 6.09 Å². The van der Waals surface area contributed by atoms with Crippen molar-refractivity contribution in [2.45, 2.75) is 38.8 Å². The predicted molar refractivity (Wildman–Crippen MR) is 94.2 cm³/mol. The van der Waals surface area contributed by atoms with Crippen molar-refractivity contribution in [3.05, 3.63) is 11.2 Å². The molecule has 1 atom stereocenters. The van der Waals surface area contributed by atoms with Gasteiger partial charge in [-0.2, -0.15) is 4.98 Å². The molecule has 8 nitrogen and oxygen atoms in total. The summed E-state index contributed by atoms with van der Waals surface area (Å²) < 4.78 is 15.8. The van der Waals surface area contributed by atoms with Crippen LogP contribution in [0.1, 0.15) is 27.2 Å². The first-order chi connectivity index (χ1) is 11.8. The van der Waals surface area contributed by atoms with Crippen molar-refractivity contribution >= 4 is 23.6 Å². The Labute approximate surface area is 152 Å². The fourth-order valence-corrected chi connectivity index (χ4v) is 2.44. The monoisotopic (exact) mass is 372 g/mol. The number of likely N-dealkylation sites (tertiary alicyclic amines) is 1. The molecule has 9 heteroatoms. The average molecular weight is 373 g/mol. The number of amides is 1. The van der Waals surface area contributed by atoms with Crippen molar-refractivity contribution in [3.63, 3.8) is 0 Å². The lowest BCUT2D eigenvalue weighted by molar-refractivity contribution is 0.0293. The number of hydrogen-bond acceptors (Lipinski definition) is 7. The average Bonchev–Trinajstić information content (AvgIpc) is 2.98. The molecule has 1 aromatic heterocycles. The summed E-state index contributed by atoms with van der Waals surface area (Å²) in [7, 11) is 1.59. The van der Waals surface area contributed by atoms with Crippen LogP contribution < -0.4 is 10.1 Å². The highest BCUT2D eigenvalue weighted by Crippen LogP contribution is 2.23. The smallest absolute Gasteiger partial charge is 0.410 e. The van der Waals surface area contributed by atoms with E-state index in [1.165, 1.54) is 6.20 Å². The number of aromatic nitrogens is 2. The summed E-state index contributed by atoms with van der Waals surface area (Å²) in [5.74, 6) is 0.714. The van der Waals surface area contributed by atoms with E-state index in [4.69, 9.17) is 25.8 Å². The summed E-state index contributed by atoms with van der Waals surface area (Å²) >= 11 is 6.03. The molecule has 25 heavy (non-hydrogen) atoms. The normalized spacial score (nSPS) is 17.5. The van der Waals surface area contributed by atoms with Gasteiger partial charge in [-0.1, -0.05) is 11.6 Å². The summed E-state index contributed by atoms with van der Waals surface area (Å²) in [5.41, 5.74) is -0.504. The quantitative estimate of drug-likeness (QED) is 0.768. The minimum Gasteiger partial charge on any atom is -0.474 e. The molecule has 1 saturated heterocycles. The predicted octanol–water partition coefficient (Wildman–Crippen LogP) is 2.58. The van der Waals surface area contributed by atoms with E-state index in [1.54, 1.807) is 12.0 Å². The van der Waals surface area contributed by atoms with Gasteiger partial charge in [0.15, 0.2) is 0 Å². The number of carbonyl (C=O) groups is 1. The maximum atomic E-state index is 12.1. The summed E-state index contributed by atoms with van der Waals surface area (Å²) in [6.07, 6.45) is 1.96. The highest BCUT2D eigenvalue weighted by molar-refractivity contribution is 6.31. The zero-order chi connectivity index (χ0) is 18.4. The largest absolute Gasteiger partial charge is 0.474 e. The molecule has 1 aliphatic rings. The second-order valence-electron chi connectivity index (χ2n) is 6.74. The topological polar surface area (TPSA) is 85.8 Å². The number of rotatable bonds is 6. The lowest BCUT2D eigenvalue weighted by atomic mass is 10.2. The molecule has 1 N–H and O–H groups in total. The van der Waals surface area contributed by atoms with Crippen molar-refractivity contribution in [2.24, 2.45) is 0 Å². The fourth-order valence-electron chi connectivity index (χ4n) is 2.30. The Morgan fingerprint density at radius 1 is 1.44 bits per heavy atom. The van der Waals surface area contributed by atoms with E-state index in [9.17, 15) is 4.79 Å². The molecule has 0 aromatic carbocycles. The van der Waals surface area contributed by atoms with E-state index in [-0.39, 0.29) is 12.1 Å². The van der Waals surface area contributed by atoms with Crippen LogP contribution in [0.15, 0.2) is 6.20 Å². The van der Waals surface area contributed by atoms with Gasteiger partial charge in [0.1, 0.15) is 17.2 Å². The first-order valence-electron chi connectivity index (χ1n) is 8.17. The Bertz CT molecular complexity index is 594. The van der Waals surface area contributed by atoms with Crippen LogP contribution in [0.25, 0.3) is 0 Å². The number of carbonyl (C=O) groups excluding carboxylic acids is 1. The number of halogens is 1. The van der Waals surface area contributed by atoms with Gasteiger partial charge in [0.25, 0.3) is 0 Å². The second-order valence-corrected chi connectivity index (χ2v) is 7.15. The van der Waals surface area contributed by atoms with Crippen LogP contribution in [0, 0.1) is 0 Å². The van der Waals surface area contributed by atoms with Gasteiger partial charge in [0.2, 0.25) is 11.8 Å². The minimum absolute atomic E-state index is 0.0421. The number of nitrogens with zero attached hydrogens (tertiary/aromatic N) is 3. The number of nitrogens with one attached hydrogen (secondary N) is 1. The van der Waals surface area contributed by atoms with Gasteiger partial charge in [-0.25, -0.2) is 9.78 Å². The van der Waals surface area contributed by atoms with E-state index in [0.29, 0.717) is 43.2 Å². The minimum atomic E-state index is -0.504. The van der Waals surface area contributed by atoms with E-state index < -0.39 is 5.60 Å². The first-order valence-corrected chi connectivity index (χ1v) is 8.55. The summed E-state index contributed by atoms with van der Waals surface area (Å²) in [6.45, 7) is 7.49. The summed E-state index contributed by atoms with van der Waals surface area (Å²) in [4.78, 5) is 22.2. The van der Waals surface area contributed by atoms with E-state index in [1.807, 2.05) is 20.8 Å². The lowest BCUT2D eigenvalue weighted by Gasteiger charge is -2.24. The van der Waals surface area contributed by atoms with Gasteiger partial charge < -0.3 is 24.4 Å². The SMILES string of the molecule is COCCOc1nc(N[C@H]2CCN(C(=O)OC(C)(C)C)C2)ncc1Cl. The third-order valence-corrected chi connectivity index (χ3v) is 3.67. The fraction of sp³-hybridized carbons (Fsp3) is 0.688. The van der Waals surface area contributed by atoms with E-state index >= 15 is 0 Å². The Hall–Kier alpha value is -1.80. The Balaban J connectivity index is 1.90. The molecule has 1 aromatic rings. The zero-order valence-corrected chi connectivity index (χ0v) is 15.8. The summed E-state index contributed by atoms with van der Waals surface area (Å²) in [5, 5.41) is 3.54. The third kappa shape index (κ3) is 6.21. The Kier molecular flexibility index (Phi) is 6.66. The molecular weight excluding hydrogens is 348 g/mol. The van der Waals surface area contributed by atoms with Crippen LogP contribution in [0.2, 0.25) is 5.02 Å². The second kappa shape index (κ2) is 8.53. The molecule has 1 aliphatic heterocycles.